The molecule has 0 aliphatic heterocycles. The smallest absolute Gasteiger partial charge is 0.405 e. The van der Waals surface area contributed by atoms with E-state index in [0.29, 0.717) is 11.5 Å². The summed E-state index contributed by atoms with van der Waals surface area (Å²) in [4.78, 5) is 0. The van der Waals surface area contributed by atoms with Crippen LogP contribution in [0, 0.1) is 13.8 Å². The lowest BCUT2D eigenvalue weighted by atomic mass is 10.2. The van der Waals surface area contributed by atoms with Crippen LogP contribution in [-0.2, 0) is 4.57 Å². The Morgan fingerprint density at radius 2 is 1.15 bits per heavy atom. The number of nitrogens with one attached hydrogen (secondary N) is 1. The Kier molecular flexibility index (Phi) is 4.48. The van der Waals surface area contributed by atoms with Gasteiger partial charge in [0.1, 0.15) is 11.5 Å². The summed E-state index contributed by atoms with van der Waals surface area (Å²) in [5.41, 5.74) is 2.21. The molecule has 0 saturated heterocycles. The number of aryl methyl sites for hydroxylation is 2. The second kappa shape index (κ2) is 6.12. The van der Waals surface area contributed by atoms with Crippen LogP contribution in [0.4, 0.5) is 0 Å². The number of rotatable bonds is 5. The van der Waals surface area contributed by atoms with E-state index in [1.165, 1.54) is 0 Å². The zero-order valence-electron chi connectivity index (χ0n) is 11.8. The molecule has 0 saturated carbocycles. The topological polar surface area (TPSA) is 47.6 Å². The third kappa shape index (κ3) is 3.86. The van der Waals surface area contributed by atoms with Gasteiger partial charge in [0.25, 0.3) is 0 Å². The predicted octanol–water partition coefficient (Wildman–Crippen LogP) is 4.09. The summed E-state index contributed by atoms with van der Waals surface area (Å²) in [5.74, 6) is 1.00. The van der Waals surface area contributed by atoms with Crippen molar-refractivity contribution in [3.63, 3.8) is 0 Å². The van der Waals surface area contributed by atoms with Gasteiger partial charge in [0.05, 0.1) is 0 Å². The monoisotopic (exact) mass is 291 g/mol. The van der Waals surface area contributed by atoms with Gasteiger partial charge in [-0.1, -0.05) is 35.4 Å². The van der Waals surface area contributed by atoms with Crippen molar-refractivity contribution in [2.24, 2.45) is 0 Å². The summed E-state index contributed by atoms with van der Waals surface area (Å²) in [6, 6.07) is 14.6. The lowest BCUT2D eigenvalue weighted by molar-refractivity contribution is 0.375. The average Bonchev–Trinajstić information content (AvgIpc) is 2.44. The van der Waals surface area contributed by atoms with Crippen molar-refractivity contribution in [2.75, 3.05) is 7.05 Å². The molecule has 0 spiro atoms. The van der Waals surface area contributed by atoms with E-state index < -0.39 is 7.75 Å². The second-order valence-electron chi connectivity index (χ2n) is 4.53. The van der Waals surface area contributed by atoms with Gasteiger partial charge in [-0.2, -0.15) is 0 Å². The molecule has 0 unspecified atom stereocenters. The van der Waals surface area contributed by atoms with Gasteiger partial charge in [-0.05, 0) is 45.2 Å². The van der Waals surface area contributed by atoms with Crippen molar-refractivity contribution in [1.82, 2.24) is 5.09 Å². The Morgan fingerprint density at radius 3 is 1.45 bits per heavy atom. The van der Waals surface area contributed by atoms with Gasteiger partial charge in [0, 0.05) is 0 Å². The van der Waals surface area contributed by atoms with Gasteiger partial charge in [-0.25, -0.2) is 9.65 Å². The molecule has 0 aromatic heterocycles. The molecule has 0 amide bonds. The molecule has 0 heterocycles. The third-order valence-corrected chi connectivity index (χ3v) is 4.22. The van der Waals surface area contributed by atoms with Crippen LogP contribution < -0.4 is 14.1 Å². The molecule has 0 aliphatic rings. The van der Waals surface area contributed by atoms with Crippen molar-refractivity contribution in [1.29, 1.82) is 0 Å². The van der Waals surface area contributed by atoms with E-state index in [2.05, 4.69) is 5.09 Å². The Morgan fingerprint density at radius 1 is 0.800 bits per heavy atom. The maximum atomic E-state index is 12.5. The van der Waals surface area contributed by atoms with E-state index >= 15 is 0 Å². The Hall–Kier alpha value is -1.77. The fourth-order valence-electron chi connectivity index (χ4n) is 1.59. The Labute approximate surface area is 119 Å². The summed E-state index contributed by atoms with van der Waals surface area (Å²) in [7, 11) is -1.88. The van der Waals surface area contributed by atoms with Crippen LogP contribution >= 0.6 is 7.75 Å². The maximum Gasteiger partial charge on any atom is 0.512 e. The summed E-state index contributed by atoms with van der Waals surface area (Å²) in [5, 5.41) is 2.62. The van der Waals surface area contributed by atoms with E-state index in [9.17, 15) is 4.57 Å². The second-order valence-corrected chi connectivity index (χ2v) is 6.34. The number of benzene rings is 2. The van der Waals surface area contributed by atoms with Crippen LogP contribution in [0.3, 0.4) is 0 Å². The zero-order chi connectivity index (χ0) is 14.6. The minimum absolute atomic E-state index is 0.500. The van der Waals surface area contributed by atoms with E-state index in [1.807, 2.05) is 38.1 Å². The quantitative estimate of drug-likeness (QED) is 0.843. The fourth-order valence-corrected chi connectivity index (χ4v) is 2.60. The largest absolute Gasteiger partial charge is 0.512 e. The summed E-state index contributed by atoms with van der Waals surface area (Å²) < 4.78 is 23.5. The van der Waals surface area contributed by atoms with Crippen LogP contribution in [0.25, 0.3) is 0 Å². The SMILES string of the molecule is CNP(=O)(Oc1ccc(C)cc1)Oc1ccc(C)cc1. The van der Waals surface area contributed by atoms with Gasteiger partial charge in [0.2, 0.25) is 0 Å². The molecule has 20 heavy (non-hydrogen) atoms. The zero-order valence-corrected chi connectivity index (χ0v) is 12.7. The summed E-state index contributed by atoms with van der Waals surface area (Å²) in [6.07, 6.45) is 0. The van der Waals surface area contributed by atoms with Crippen LogP contribution in [0.5, 0.6) is 11.5 Å². The van der Waals surface area contributed by atoms with Crippen LogP contribution in [-0.4, -0.2) is 7.05 Å². The van der Waals surface area contributed by atoms with Crippen molar-refractivity contribution in [2.45, 2.75) is 13.8 Å². The molecule has 4 nitrogen and oxygen atoms in total. The summed E-state index contributed by atoms with van der Waals surface area (Å²) >= 11 is 0. The highest BCUT2D eigenvalue weighted by Gasteiger charge is 2.25. The van der Waals surface area contributed by atoms with E-state index in [4.69, 9.17) is 9.05 Å². The van der Waals surface area contributed by atoms with Gasteiger partial charge < -0.3 is 9.05 Å². The first kappa shape index (κ1) is 14.6. The van der Waals surface area contributed by atoms with E-state index in [-0.39, 0.29) is 0 Å². The minimum atomic E-state index is -3.42. The molecule has 0 radical (unpaired) electrons. The minimum Gasteiger partial charge on any atom is -0.405 e. The van der Waals surface area contributed by atoms with Crippen molar-refractivity contribution in [3.8, 4) is 11.5 Å². The van der Waals surface area contributed by atoms with Gasteiger partial charge in [-0.3, -0.25) is 0 Å². The number of hydrogen-bond acceptors (Lipinski definition) is 3. The first-order valence-electron chi connectivity index (χ1n) is 6.32. The molecule has 2 aromatic carbocycles. The normalized spacial score (nSPS) is 11.2. The fraction of sp³-hybridized carbons (Fsp3) is 0.200. The molecule has 1 N–H and O–H groups in total. The van der Waals surface area contributed by atoms with Crippen molar-refractivity contribution in [3.05, 3.63) is 59.7 Å². The predicted molar refractivity (Wildman–Crippen MR) is 80.3 cm³/mol. The van der Waals surface area contributed by atoms with Crippen LogP contribution in [0.2, 0.25) is 0 Å². The molecule has 0 bridgehead atoms. The Balaban J connectivity index is 2.14. The maximum absolute atomic E-state index is 12.5. The molecule has 0 aliphatic carbocycles. The standard InChI is InChI=1S/C15H18NO3P/c1-12-4-8-14(9-5-12)18-20(17,16-3)19-15-10-6-13(2)7-11-15/h4-11H,1-3H3,(H,16,17). The number of hydrogen-bond donors (Lipinski definition) is 1. The first-order valence-corrected chi connectivity index (χ1v) is 7.86. The van der Waals surface area contributed by atoms with Crippen LogP contribution in [0.1, 0.15) is 11.1 Å². The first-order chi connectivity index (χ1) is 9.50. The third-order valence-electron chi connectivity index (χ3n) is 2.77. The average molecular weight is 291 g/mol. The molecule has 106 valence electrons. The van der Waals surface area contributed by atoms with Crippen molar-refractivity contribution < 1.29 is 13.6 Å². The lowest BCUT2D eigenvalue weighted by Crippen LogP contribution is -2.14. The molecule has 0 atom stereocenters. The molecular weight excluding hydrogens is 273 g/mol. The van der Waals surface area contributed by atoms with Gasteiger partial charge in [-0.15, -0.1) is 0 Å². The van der Waals surface area contributed by atoms with Gasteiger partial charge >= 0.3 is 7.75 Å². The lowest BCUT2D eigenvalue weighted by Gasteiger charge is -2.18. The van der Waals surface area contributed by atoms with E-state index in [1.54, 1.807) is 31.3 Å². The molecular formula is C15H18NO3P. The molecule has 2 rings (SSSR count). The van der Waals surface area contributed by atoms with Crippen molar-refractivity contribution >= 4 is 7.75 Å². The van der Waals surface area contributed by atoms with E-state index in [0.717, 1.165) is 11.1 Å². The van der Waals surface area contributed by atoms with Gasteiger partial charge in [0.15, 0.2) is 0 Å². The molecule has 2 aromatic rings. The Bertz CT molecular complexity index is 557. The molecule has 5 heteroatoms. The van der Waals surface area contributed by atoms with Crippen LogP contribution in [0.15, 0.2) is 48.5 Å². The highest BCUT2D eigenvalue weighted by molar-refractivity contribution is 7.52. The molecule has 0 fully saturated rings. The highest BCUT2D eigenvalue weighted by Crippen LogP contribution is 2.44. The summed E-state index contributed by atoms with van der Waals surface area (Å²) in [6.45, 7) is 3.95. The highest BCUT2D eigenvalue weighted by atomic mass is 31.2.